The average molecular weight is 218 g/mol. The van der Waals surface area contributed by atoms with E-state index in [2.05, 4.69) is 56.2 Å². The van der Waals surface area contributed by atoms with Crippen LogP contribution in [0.3, 0.4) is 0 Å². The first kappa shape index (κ1) is 10.2. The van der Waals surface area contributed by atoms with Crippen molar-refractivity contribution in [2.75, 3.05) is 0 Å². The standard InChI is InChI=1S/C17H14/c1-4-12-8-7-11-15-16(12)13-9-5-6-10-14(13)17(15,2)3/h1,5-11H,2-3H3. The van der Waals surface area contributed by atoms with E-state index in [-0.39, 0.29) is 5.41 Å². The summed E-state index contributed by atoms with van der Waals surface area (Å²) in [6.45, 7) is 4.52. The molecule has 1 aliphatic carbocycles. The van der Waals surface area contributed by atoms with Gasteiger partial charge in [0.25, 0.3) is 0 Å². The van der Waals surface area contributed by atoms with E-state index in [0.717, 1.165) is 5.56 Å². The average Bonchev–Trinajstić information content (AvgIpc) is 2.60. The minimum Gasteiger partial charge on any atom is -0.115 e. The van der Waals surface area contributed by atoms with Gasteiger partial charge in [-0.25, -0.2) is 0 Å². The van der Waals surface area contributed by atoms with Gasteiger partial charge in [-0.2, -0.15) is 0 Å². The van der Waals surface area contributed by atoms with Gasteiger partial charge in [-0.15, -0.1) is 6.42 Å². The van der Waals surface area contributed by atoms with Crippen molar-refractivity contribution in [2.24, 2.45) is 0 Å². The first-order chi connectivity index (χ1) is 8.16. The maximum Gasteiger partial charge on any atom is 0.0324 e. The minimum atomic E-state index is 0.0544. The Kier molecular flexibility index (Phi) is 1.94. The fourth-order valence-electron chi connectivity index (χ4n) is 2.87. The molecule has 0 aromatic heterocycles. The molecule has 1 aliphatic rings. The molecule has 3 rings (SSSR count). The molecule has 2 aromatic carbocycles. The second-order valence-electron chi connectivity index (χ2n) is 5.04. The Morgan fingerprint density at radius 2 is 1.65 bits per heavy atom. The largest absolute Gasteiger partial charge is 0.115 e. The molecule has 0 N–H and O–H groups in total. The highest BCUT2D eigenvalue weighted by molar-refractivity contribution is 5.84. The third-order valence-electron chi connectivity index (χ3n) is 3.76. The van der Waals surface area contributed by atoms with Crippen LogP contribution in [0.1, 0.15) is 30.5 Å². The molecule has 82 valence electrons. The number of hydrogen-bond donors (Lipinski definition) is 0. The van der Waals surface area contributed by atoms with Gasteiger partial charge in [-0.1, -0.05) is 56.2 Å². The summed E-state index contributed by atoms with van der Waals surface area (Å²) in [5.41, 5.74) is 6.31. The molecule has 0 unspecified atom stereocenters. The van der Waals surface area contributed by atoms with Crippen molar-refractivity contribution in [1.29, 1.82) is 0 Å². The van der Waals surface area contributed by atoms with E-state index in [1.165, 1.54) is 22.3 Å². The molecule has 0 atom stereocenters. The van der Waals surface area contributed by atoms with E-state index >= 15 is 0 Å². The van der Waals surface area contributed by atoms with Crippen LogP contribution in [0.5, 0.6) is 0 Å². The van der Waals surface area contributed by atoms with Crippen LogP contribution in [0.15, 0.2) is 42.5 Å². The predicted molar refractivity (Wildman–Crippen MR) is 71.9 cm³/mol. The van der Waals surface area contributed by atoms with Crippen LogP contribution in [-0.4, -0.2) is 0 Å². The van der Waals surface area contributed by atoms with Gasteiger partial charge < -0.3 is 0 Å². The molecule has 2 aromatic rings. The highest BCUT2D eigenvalue weighted by Crippen LogP contribution is 2.49. The summed E-state index contributed by atoms with van der Waals surface area (Å²) < 4.78 is 0. The third kappa shape index (κ3) is 1.20. The molecule has 0 heteroatoms. The van der Waals surface area contributed by atoms with E-state index in [0.29, 0.717) is 0 Å². The van der Waals surface area contributed by atoms with Gasteiger partial charge in [0.15, 0.2) is 0 Å². The molecule has 0 amide bonds. The molecular formula is C17H14. The van der Waals surface area contributed by atoms with E-state index in [9.17, 15) is 0 Å². The number of benzene rings is 2. The molecule has 0 saturated heterocycles. The number of hydrogen-bond acceptors (Lipinski definition) is 0. The van der Waals surface area contributed by atoms with Crippen LogP contribution in [0.2, 0.25) is 0 Å². The summed E-state index contributed by atoms with van der Waals surface area (Å²) >= 11 is 0. The summed E-state index contributed by atoms with van der Waals surface area (Å²) in [5, 5.41) is 0. The van der Waals surface area contributed by atoms with Crippen molar-refractivity contribution in [1.82, 2.24) is 0 Å². The Bertz CT molecular complexity index is 639. The van der Waals surface area contributed by atoms with E-state index in [1.807, 2.05) is 6.07 Å². The monoisotopic (exact) mass is 218 g/mol. The van der Waals surface area contributed by atoms with Crippen molar-refractivity contribution in [3.05, 3.63) is 59.2 Å². The van der Waals surface area contributed by atoms with Gasteiger partial charge in [0, 0.05) is 16.5 Å². The van der Waals surface area contributed by atoms with Crippen molar-refractivity contribution >= 4 is 0 Å². The number of terminal acetylenes is 1. The Balaban J connectivity index is 2.46. The molecular weight excluding hydrogens is 204 g/mol. The van der Waals surface area contributed by atoms with Crippen LogP contribution in [0.4, 0.5) is 0 Å². The Morgan fingerprint density at radius 3 is 2.41 bits per heavy atom. The van der Waals surface area contributed by atoms with Crippen LogP contribution in [-0.2, 0) is 5.41 Å². The van der Waals surface area contributed by atoms with Crippen molar-refractivity contribution < 1.29 is 0 Å². The smallest absolute Gasteiger partial charge is 0.0324 e. The lowest BCUT2D eigenvalue weighted by atomic mass is 9.82. The van der Waals surface area contributed by atoms with E-state index in [1.54, 1.807) is 0 Å². The molecule has 0 nitrogen and oxygen atoms in total. The fraction of sp³-hybridized carbons (Fsp3) is 0.176. The molecule has 0 radical (unpaired) electrons. The van der Waals surface area contributed by atoms with Crippen LogP contribution < -0.4 is 0 Å². The molecule has 0 fully saturated rings. The van der Waals surface area contributed by atoms with Crippen LogP contribution in [0.25, 0.3) is 11.1 Å². The first-order valence-electron chi connectivity index (χ1n) is 5.86. The van der Waals surface area contributed by atoms with Gasteiger partial charge >= 0.3 is 0 Å². The van der Waals surface area contributed by atoms with E-state index in [4.69, 9.17) is 6.42 Å². The van der Waals surface area contributed by atoms with Gasteiger partial charge in [-0.05, 0) is 22.8 Å². The lowest BCUT2D eigenvalue weighted by molar-refractivity contribution is 0.660. The van der Waals surface area contributed by atoms with E-state index < -0.39 is 0 Å². The zero-order valence-corrected chi connectivity index (χ0v) is 10.1. The maximum absolute atomic E-state index is 5.62. The predicted octanol–water partition coefficient (Wildman–Crippen LogP) is 3.97. The summed E-state index contributed by atoms with van der Waals surface area (Å²) in [4.78, 5) is 0. The SMILES string of the molecule is C#Cc1cccc2c1-c1ccccc1C2(C)C. The quantitative estimate of drug-likeness (QED) is 0.587. The number of fused-ring (bicyclic) bond motifs is 3. The zero-order chi connectivity index (χ0) is 12.0. The van der Waals surface area contributed by atoms with Crippen molar-refractivity contribution in [2.45, 2.75) is 19.3 Å². The highest BCUT2D eigenvalue weighted by atomic mass is 14.4. The summed E-state index contributed by atoms with van der Waals surface area (Å²) in [6.07, 6.45) is 5.62. The lowest BCUT2D eigenvalue weighted by Crippen LogP contribution is -2.14. The Morgan fingerprint density at radius 1 is 0.941 bits per heavy atom. The summed E-state index contributed by atoms with van der Waals surface area (Å²) in [7, 11) is 0. The third-order valence-corrected chi connectivity index (χ3v) is 3.76. The fourth-order valence-corrected chi connectivity index (χ4v) is 2.87. The van der Waals surface area contributed by atoms with Crippen LogP contribution in [0, 0.1) is 12.3 Å². The molecule has 0 bridgehead atoms. The van der Waals surface area contributed by atoms with Gasteiger partial charge in [-0.3, -0.25) is 0 Å². The molecule has 17 heavy (non-hydrogen) atoms. The lowest BCUT2D eigenvalue weighted by Gasteiger charge is -2.21. The second kappa shape index (κ2) is 3.25. The summed E-state index contributed by atoms with van der Waals surface area (Å²) in [5.74, 6) is 2.81. The molecule has 0 heterocycles. The summed E-state index contributed by atoms with van der Waals surface area (Å²) in [6, 6.07) is 14.8. The first-order valence-corrected chi connectivity index (χ1v) is 5.86. The molecule has 0 aliphatic heterocycles. The highest BCUT2D eigenvalue weighted by Gasteiger charge is 2.35. The van der Waals surface area contributed by atoms with Gasteiger partial charge in [0.1, 0.15) is 0 Å². The second-order valence-corrected chi connectivity index (χ2v) is 5.04. The van der Waals surface area contributed by atoms with Crippen LogP contribution >= 0.6 is 0 Å². The normalized spacial score (nSPS) is 14.9. The molecule has 0 spiro atoms. The van der Waals surface area contributed by atoms with Crippen molar-refractivity contribution in [3.63, 3.8) is 0 Å². The zero-order valence-electron chi connectivity index (χ0n) is 10.1. The van der Waals surface area contributed by atoms with Gasteiger partial charge in [0.05, 0.1) is 0 Å². The number of rotatable bonds is 0. The Hall–Kier alpha value is -2.00. The maximum atomic E-state index is 5.62. The Labute approximate surface area is 102 Å². The van der Waals surface area contributed by atoms with Crippen molar-refractivity contribution in [3.8, 4) is 23.5 Å². The topological polar surface area (TPSA) is 0 Å². The minimum absolute atomic E-state index is 0.0544. The van der Waals surface area contributed by atoms with Gasteiger partial charge in [0.2, 0.25) is 0 Å². The molecule has 0 saturated carbocycles.